The van der Waals surface area contributed by atoms with Crippen LogP contribution in [0, 0.1) is 0 Å². The Morgan fingerprint density at radius 1 is 0.296 bits per heavy atom. The Bertz CT molecular complexity index is 1320. The Morgan fingerprint density at radius 3 is 0.915 bits per heavy atom. The van der Waals surface area contributed by atoms with E-state index in [9.17, 15) is 14.4 Å². The summed E-state index contributed by atoms with van der Waals surface area (Å²) in [5, 5.41) is 0. The number of carbonyl (C=O) groups excluding carboxylic acids is 3. The smallest absolute Gasteiger partial charge is 0.306 e. The minimum absolute atomic E-state index is 0.0906. The molecule has 0 rings (SSSR count). The highest BCUT2D eigenvalue weighted by Crippen LogP contribution is 2.17. The van der Waals surface area contributed by atoms with Crippen molar-refractivity contribution in [2.75, 3.05) is 13.2 Å². The van der Waals surface area contributed by atoms with E-state index < -0.39 is 6.10 Å². The van der Waals surface area contributed by atoms with Crippen LogP contribution in [0.1, 0.15) is 303 Å². The molecule has 0 N–H and O–H groups in total. The second-order valence-corrected chi connectivity index (χ2v) is 20.2. The van der Waals surface area contributed by atoms with Crippen molar-refractivity contribution in [3.05, 3.63) is 72.9 Å². The minimum Gasteiger partial charge on any atom is -0.462 e. The molecule has 0 unspecified atom stereocenters. The molecule has 0 radical (unpaired) electrons. The van der Waals surface area contributed by atoms with E-state index in [1.54, 1.807) is 0 Å². The molecule has 0 heterocycles. The lowest BCUT2D eigenvalue weighted by Gasteiger charge is -2.18. The SMILES string of the molecule is CC/C=C\C/C=C\C/C=C\C/C=C\CCCCC(=O)OC[C@H](COC(=O)CCCCCCCCC/C=C\C/C=C\CCCCC)OC(=O)CCCCCCCCCCCCCCCCCCCCCCC. The first-order valence-corrected chi connectivity index (χ1v) is 30.4. The number of unbranched alkanes of at least 4 members (excludes halogenated alkanes) is 32. The molecule has 0 aromatic rings. The van der Waals surface area contributed by atoms with Gasteiger partial charge in [-0.3, -0.25) is 14.4 Å². The van der Waals surface area contributed by atoms with Crippen molar-refractivity contribution in [1.82, 2.24) is 0 Å². The molecule has 0 bridgehead atoms. The summed E-state index contributed by atoms with van der Waals surface area (Å²) in [5.41, 5.74) is 0. The molecule has 0 aromatic carbocycles. The van der Waals surface area contributed by atoms with Gasteiger partial charge in [0, 0.05) is 19.3 Å². The molecule has 6 nitrogen and oxygen atoms in total. The number of carbonyl (C=O) groups is 3. The van der Waals surface area contributed by atoms with Crippen LogP contribution < -0.4 is 0 Å². The number of rotatable bonds is 55. The maximum Gasteiger partial charge on any atom is 0.306 e. The van der Waals surface area contributed by atoms with Crippen molar-refractivity contribution in [2.45, 2.75) is 309 Å². The maximum absolute atomic E-state index is 12.9. The summed E-state index contributed by atoms with van der Waals surface area (Å²) in [6, 6.07) is 0. The first-order chi connectivity index (χ1) is 35.0. The second-order valence-electron chi connectivity index (χ2n) is 20.2. The third kappa shape index (κ3) is 57.6. The molecule has 6 heteroatoms. The highest BCUT2D eigenvalue weighted by Gasteiger charge is 2.19. The van der Waals surface area contributed by atoms with Crippen LogP contribution in [0.25, 0.3) is 0 Å². The van der Waals surface area contributed by atoms with Gasteiger partial charge in [-0.05, 0) is 89.9 Å². The van der Waals surface area contributed by atoms with Crippen molar-refractivity contribution in [1.29, 1.82) is 0 Å². The van der Waals surface area contributed by atoms with Gasteiger partial charge in [-0.2, -0.15) is 0 Å². The van der Waals surface area contributed by atoms with Crippen LogP contribution in [0.15, 0.2) is 72.9 Å². The number of hydrogen-bond donors (Lipinski definition) is 0. The number of allylic oxidation sites excluding steroid dienone is 12. The van der Waals surface area contributed by atoms with E-state index >= 15 is 0 Å². The molecule has 1 atom stereocenters. The normalized spacial score (nSPS) is 12.5. The van der Waals surface area contributed by atoms with Gasteiger partial charge in [-0.15, -0.1) is 0 Å². The van der Waals surface area contributed by atoms with E-state index in [4.69, 9.17) is 14.2 Å². The predicted molar refractivity (Wildman–Crippen MR) is 307 cm³/mol. The van der Waals surface area contributed by atoms with Crippen LogP contribution in [0.4, 0.5) is 0 Å². The summed E-state index contributed by atoms with van der Waals surface area (Å²) in [6.07, 6.45) is 76.2. The lowest BCUT2D eigenvalue weighted by atomic mass is 10.0. The highest BCUT2D eigenvalue weighted by molar-refractivity contribution is 5.71. The maximum atomic E-state index is 12.9. The fourth-order valence-electron chi connectivity index (χ4n) is 8.64. The van der Waals surface area contributed by atoms with E-state index in [1.807, 2.05) is 0 Å². The average Bonchev–Trinajstić information content (AvgIpc) is 3.37. The summed E-state index contributed by atoms with van der Waals surface area (Å²) < 4.78 is 16.9. The lowest BCUT2D eigenvalue weighted by Crippen LogP contribution is -2.30. The van der Waals surface area contributed by atoms with Gasteiger partial charge in [0.05, 0.1) is 0 Å². The van der Waals surface area contributed by atoms with E-state index in [-0.39, 0.29) is 31.1 Å². The van der Waals surface area contributed by atoms with E-state index in [0.717, 1.165) is 96.3 Å². The fraction of sp³-hybridized carbons (Fsp3) is 0.769. The number of hydrogen-bond acceptors (Lipinski definition) is 6. The van der Waals surface area contributed by atoms with Gasteiger partial charge in [0.2, 0.25) is 0 Å². The Morgan fingerprint density at radius 2 is 0.549 bits per heavy atom. The number of esters is 3. The van der Waals surface area contributed by atoms with Gasteiger partial charge < -0.3 is 14.2 Å². The monoisotopic (exact) mass is 991 g/mol. The van der Waals surface area contributed by atoms with Crippen molar-refractivity contribution < 1.29 is 28.6 Å². The molecule has 0 fully saturated rings. The highest BCUT2D eigenvalue weighted by atomic mass is 16.6. The lowest BCUT2D eigenvalue weighted by molar-refractivity contribution is -0.167. The van der Waals surface area contributed by atoms with Crippen LogP contribution in [0.2, 0.25) is 0 Å². The van der Waals surface area contributed by atoms with Gasteiger partial charge in [-0.25, -0.2) is 0 Å². The van der Waals surface area contributed by atoms with Crippen molar-refractivity contribution in [3.63, 3.8) is 0 Å². The number of ether oxygens (including phenoxy) is 3. The molecule has 410 valence electrons. The molecule has 0 aliphatic rings. The zero-order valence-corrected chi connectivity index (χ0v) is 47.0. The summed E-state index contributed by atoms with van der Waals surface area (Å²) >= 11 is 0. The summed E-state index contributed by atoms with van der Waals surface area (Å²) in [4.78, 5) is 38.2. The van der Waals surface area contributed by atoms with Crippen molar-refractivity contribution >= 4 is 17.9 Å². The topological polar surface area (TPSA) is 78.9 Å². The molecule has 0 spiro atoms. The van der Waals surface area contributed by atoms with Crippen LogP contribution in [0.5, 0.6) is 0 Å². The fourth-order valence-corrected chi connectivity index (χ4v) is 8.64. The summed E-state index contributed by atoms with van der Waals surface area (Å²) in [5.74, 6) is -0.927. The van der Waals surface area contributed by atoms with Crippen molar-refractivity contribution in [2.24, 2.45) is 0 Å². The van der Waals surface area contributed by atoms with Gasteiger partial charge in [0.1, 0.15) is 13.2 Å². The Kier molecular flexibility index (Phi) is 56.8. The van der Waals surface area contributed by atoms with E-state index in [0.29, 0.717) is 19.3 Å². The largest absolute Gasteiger partial charge is 0.462 e. The molecule has 0 saturated carbocycles. The molecule has 0 amide bonds. The van der Waals surface area contributed by atoms with Gasteiger partial charge in [-0.1, -0.05) is 267 Å². The van der Waals surface area contributed by atoms with Crippen LogP contribution in [-0.4, -0.2) is 37.2 Å². The van der Waals surface area contributed by atoms with Gasteiger partial charge in [0.15, 0.2) is 6.10 Å². The summed E-state index contributed by atoms with van der Waals surface area (Å²) in [7, 11) is 0. The molecule has 0 aromatic heterocycles. The van der Waals surface area contributed by atoms with E-state index in [2.05, 4.69) is 93.7 Å². The minimum atomic E-state index is -0.795. The molecule has 0 saturated heterocycles. The Balaban J connectivity index is 4.39. The Hall–Kier alpha value is -3.15. The third-order valence-electron chi connectivity index (χ3n) is 13.2. The summed E-state index contributed by atoms with van der Waals surface area (Å²) in [6.45, 7) is 6.49. The zero-order valence-electron chi connectivity index (χ0n) is 47.0. The molecule has 71 heavy (non-hydrogen) atoms. The van der Waals surface area contributed by atoms with Crippen molar-refractivity contribution in [3.8, 4) is 0 Å². The quantitative estimate of drug-likeness (QED) is 0.0261. The van der Waals surface area contributed by atoms with Gasteiger partial charge in [0.25, 0.3) is 0 Å². The first-order valence-electron chi connectivity index (χ1n) is 30.4. The standard InChI is InChI=1S/C65H114O6/c1-4-7-10-13-16-19-22-25-28-30-31-32-33-35-38-41-44-47-50-53-56-59-65(68)71-62(60-69-63(66)57-54-51-48-45-42-39-36-27-24-21-18-15-12-9-6-3)61-70-64(67)58-55-52-49-46-43-40-37-34-29-26-23-20-17-14-11-8-5-2/h9,12,17-18,20-21,26-27,29,36,42,45,62H,4-8,10-11,13-16,19,22-25,28,30-35,37-41,43-44,46-61H2,1-3H3/b12-9-,20-17-,21-18-,29-26-,36-27-,45-42-/t62-/m1/s1. The second kappa shape index (κ2) is 59.4. The molecular formula is C65H114O6. The van der Waals surface area contributed by atoms with Crippen LogP contribution in [0.3, 0.4) is 0 Å². The van der Waals surface area contributed by atoms with Gasteiger partial charge >= 0.3 is 17.9 Å². The van der Waals surface area contributed by atoms with E-state index in [1.165, 1.54) is 167 Å². The predicted octanol–water partition coefficient (Wildman–Crippen LogP) is 20.5. The average molecular weight is 992 g/mol. The molecular weight excluding hydrogens is 877 g/mol. The Labute approximate surface area is 440 Å². The molecule has 0 aliphatic carbocycles. The first kappa shape index (κ1) is 67.8. The molecule has 0 aliphatic heterocycles. The third-order valence-corrected chi connectivity index (χ3v) is 13.2. The zero-order chi connectivity index (χ0) is 51.4. The van der Waals surface area contributed by atoms with Crippen LogP contribution >= 0.6 is 0 Å². The van der Waals surface area contributed by atoms with Crippen LogP contribution in [-0.2, 0) is 28.6 Å².